The third-order valence-electron chi connectivity index (χ3n) is 5.36. The summed E-state index contributed by atoms with van der Waals surface area (Å²) in [4.78, 5) is 25.7. The van der Waals surface area contributed by atoms with Crippen LogP contribution >= 0.6 is 0 Å². The Morgan fingerprint density at radius 2 is 1.95 bits per heavy atom. The number of ether oxygens (including phenoxy) is 1. The number of hydrogen-bond donors (Lipinski definition) is 1. The van der Waals surface area contributed by atoms with Gasteiger partial charge in [-0.3, -0.25) is 9.59 Å². The Bertz CT molecular complexity index is 397. The van der Waals surface area contributed by atoms with Crippen molar-refractivity contribution in [3.05, 3.63) is 0 Å². The molecule has 1 atom stereocenters. The highest BCUT2D eigenvalue weighted by atomic mass is 16.5. The van der Waals surface area contributed by atoms with E-state index in [0.717, 1.165) is 19.3 Å². The third-order valence-corrected chi connectivity index (χ3v) is 5.36. The van der Waals surface area contributed by atoms with Gasteiger partial charge in [0.2, 0.25) is 5.91 Å². The number of nitrogens with zero attached hydrogens (tertiary/aromatic N) is 1. The molecule has 0 spiro atoms. The normalized spacial score (nSPS) is 28.5. The molecule has 2 aliphatic rings. The van der Waals surface area contributed by atoms with Gasteiger partial charge in [0.05, 0.1) is 17.4 Å². The van der Waals surface area contributed by atoms with Crippen LogP contribution in [0.3, 0.4) is 0 Å². The molecule has 114 valence electrons. The molecule has 1 heterocycles. The number of aliphatic carboxylic acids is 1. The number of rotatable bonds is 5. The van der Waals surface area contributed by atoms with E-state index in [9.17, 15) is 14.7 Å². The summed E-state index contributed by atoms with van der Waals surface area (Å²) in [7, 11) is 1.66. The molecule has 1 aliphatic carbocycles. The Hall–Kier alpha value is -1.10. The van der Waals surface area contributed by atoms with E-state index in [1.807, 2.05) is 13.8 Å². The van der Waals surface area contributed by atoms with Crippen molar-refractivity contribution in [2.75, 3.05) is 20.2 Å². The van der Waals surface area contributed by atoms with Crippen molar-refractivity contribution in [2.45, 2.75) is 51.6 Å². The number of methoxy groups -OCH3 is 1. The van der Waals surface area contributed by atoms with E-state index in [2.05, 4.69) is 0 Å². The number of carbonyl (C=O) groups excluding carboxylic acids is 1. The van der Waals surface area contributed by atoms with Crippen molar-refractivity contribution in [3.63, 3.8) is 0 Å². The molecule has 2 rings (SSSR count). The highest BCUT2D eigenvalue weighted by molar-refractivity contribution is 5.81. The van der Waals surface area contributed by atoms with E-state index < -0.39 is 11.4 Å². The van der Waals surface area contributed by atoms with Gasteiger partial charge in [-0.15, -0.1) is 0 Å². The molecule has 20 heavy (non-hydrogen) atoms. The highest BCUT2D eigenvalue weighted by Crippen LogP contribution is 2.41. The van der Waals surface area contributed by atoms with Crippen molar-refractivity contribution >= 4 is 11.9 Å². The molecule has 1 amide bonds. The van der Waals surface area contributed by atoms with E-state index in [-0.39, 0.29) is 17.4 Å². The van der Waals surface area contributed by atoms with E-state index in [1.54, 1.807) is 12.0 Å². The molecule has 5 heteroatoms. The second-order valence-corrected chi connectivity index (χ2v) is 6.60. The molecule has 1 N–H and O–H groups in total. The molecule has 1 saturated heterocycles. The van der Waals surface area contributed by atoms with Crippen molar-refractivity contribution in [1.29, 1.82) is 0 Å². The fourth-order valence-corrected chi connectivity index (χ4v) is 3.35. The Labute approximate surface area is 120 Å². The van der Waals surface area contributed by atoms with Crippen LogP contribution in [0.1, 0.15) is 46.0 Å². The zero-order valence-electron chi connectivity index (χ0n) is 12.6. The number of carboxylic acid groups (broad SMARTS) is 1. The summed E-state index contributed by atoms with van der Waals surface area (Å²) in [5.41, 5.74) is -1.07. The Morgan fingerprint density at radius 3 is 2.30 bits per heavy atom. The molecule has 0 aromatic heterocycles. The first-order valence-corrected chi connectivity index (χ1v) is 7.41. The second-order valence-electron chi connectivity index (χ2n) is 6.60. The maximum atomic E-state index is 12.4. The van der Waals surface area contributed by atoms with Gasteiger partial charge in [-0.05, 0) is 31.6 Å². The predicted molar refractivity (Wildman–Crippen MR) is 74.3 cm³/mol. The van der Waals surface area contributed by atoms with Crippen LogP contribution in [0.25, 0.3) is 0 Å². The first kappa shape index (κ1) is 15.3. The summed E-state index contributed by atoms with van der Waals surface area (Å²) in [6, 6.07) is 0. The van der Waals surface area contributed by atoms with E-state index in [0.29, 0.717) is 25.9 Å². The van der Waals surface area contributed by atoms with E-state index >= 15 is 0 Å². The average Bonchev–Trinajstić information content (AvgIpc) is 2.80. The molecule has 0 bridgehead atoms. The molecule has 2 fully saturated rings. The topological polar surface area (TPSA) is 66.8 Å². The van der Waals surface area contributed by atoms with Gasteiger partial charge < -0.3 is 14.7 Å². The van der Waals surface area contributed by atoms with Crippen LogP contribution in [0.4, 0.5) is 0 Å². The number of likely N-dealkylation sites (tertiary alicyclic amines) is 1. The summed E-state index contributed by atoms with van der Waals surface area (Å²) < 4.78 is 5.49. The molecule has 0 radical (unpaired) electrons. The van der Waals surface area contributed by atoms with Gasteiger partial charge in [0, 0.05) is 20.2 Å². The largest absolute Gasteiger partial charge is 0.481 e. The lowest BCUT2D eigenvalue weighted by molar-refractivity contribution is -0.152. The Kier molecular flexibility index (Phi) is 4.09. The molecule has 5 nitrogen and oxygen atoms in total. The average molecular weight is 283 g/mol. The quantitative estimate of drug-likeness (QED) is 0.837. The monoisotopic (exact) mass is 283 g/mol. The van der Waals surface area contributed by atoms with Gasteiger partial charge >= 0.3 is 5.97 Å². The predicted octanol–water partition coefficient (Wildman–Crippen LogP) is 1.90. The van der Waals surface area contributed by atoms with Crippen LogP contribution in [-0.2, 0) is 14.3 Å². The van der Waals surface area contributed by atoms with Crippen LogP contribution in [0.2, 0.25) is 0 Å². The van der Waals surface area contributed by atoms with Crippen molar-refractivity contribution in [1.82, 2.24) is 4.90 Å². The molecule has 0 aromatic rings. The summed E-state index contributed by atoms with van der Waals surface area (Å²) in [5, 5.41) is 9.51. The second kappa shape index (κ2) is 5.35. The zero-order chi connectivity index (χ0) is 15.0. The van der Waals surface area contributed by atoms with Crippen molar-refractivity contribution in [2.24, 2.45) is 11.3 Å². The zero-order valence-corrected chi connectivity index (χ0v) is 12.6. The first-order chi connectivity index (χ1) is 9.35. The van der Waals surface area contributed by atoms with Crippen molar-refractivity contribution in [3.8, 4) is 0 Å². The lowest BCUT2D eigenvalue weighted by atomic mass is 9.76. The minimum Gasteiger partial charge on any atom is -0.481 e. The number of amides is 1. The minimum atomic E-state index is -0.784. The lowest BCUT2D eigenvalue weighted by Gasteiger charge is -2.41. The van der Waals surface area contributed by atoms with Gasteiger partial charge in [-0.1, -0.05) is 13.8 Å². The van der Waals surface area contributed by atoms with Crippen LogP contribution in [-0.4, -0.2) is 47.7 Å². The van der Waals surface area contributed by atoms with Gasteiger partial charge in [0.1, 0.15) is 0 Å². The number of carbonyl (C=O) groups is 2. The third kappa shape index (κ3) is 2.43. The summed E-state index contributed by atoms with van der Waals surface area (Å²) in [6.07, 6.45) is 3.89. The molecular formula is C15H25NO4. The van der Waals surface area contributed by atoms with E-state index in [1.165, 1.54) is 0 Å². The first-order valence-electron chi connectivity index (χ1n) is 7.41. The fraction of sp³-hybridized carbons (Fsp3) is 0.867. The van der Waals surface area contributed by atoms with Gasteiger partial charge in [-0.25, -0.2) is 0 Å². The summed E-state index contributed by atoms with van der Waals surface area (Å²) in [6.45, 7) is 4.72. The van der Waals surface area contributed by atoms with Crippen LogP contribution in [0.15, 0.2) is 0 Å². The fourth-order valence-electron chi connectivity index (χ4n) is 3.35. The smallest absolute Gasteiger partial charge is 0.311 e. The summed E-state index contributed by atoms with van der Waals surface area (Å²) >= 11 is 0. The standard InChI is InChI=1S/C15H25NO4/c1-11(2)15(13(18)19)7-8-16(10-15)12(17)9-14(20-3)5-4-6-14/h11H,4-10H2,1-3H3,(H,18,19). The SMILES string of the molecule is COC1(CC(=O)N2CCC(C(=O)O)(C(C)C)C2)CCC1. The van der Waals surface area contributed by atoms with Crippen LogP contribution < -0.4 is 0 Å². The summed E-state index contributed by atoms with van der Waals surface area (Å²) in [5.74, 6) is -0.721. The van der Waals surface area contributed by atoms with Gasteiger partial charge in [0.15, 0.2) is 0 Å². The molecule has 0 aromatic carbocycles. The van der Waals surface area contributed by atoms with E-state index in [4.69, 9.17) is 4.74 Å². The maximum Gasteiger partial charge on any atom is 0.311 e. The van der Waals surface area contributed by atoms with Crippen LogP contribution in [0, 0.1) is 11.3 Å². The Morgan fingerprint density at radius 1 is 1.30 bits per heavy atom. The number of hydrogen-bond acceptors (Lipinski definition) is 3. The minimum absolute atomic E-state index is 0.0258. The van der Waals surface area contributed by atoms with Gasteiger partial charge in [0.25, 0.3) is 0 Å². The highest BCUT2D eigenvalue weighted by Gasteiger charge is 2.49. The lowest BCUT2D eigenvalue weighted by Crippen LogP contribution is -2.46. The van der Waals surface area contributed by atoms with Crippen LogP contribution in [0.5, 0.6) is 0 Å². The Balaban J connectivity index is 2.01. The number of carboxylic acids is 1. The molecule has 1 saturated carbocycles. The molecule has 1 unspecified atom stereocenters. The van der Waals surface area contributed by atoms with Crippen molar-refractivity contribution < 1.29 is 19.4 Å². The van der Waals surface area contributed by atoms with Gasteiger partial charge in [-0.2, -0.15) is 0 Å². The molecule has 1 aliphatic heterocycles. The molecular weight excluding hydrogens is 258 g/mol. The maximum absolute atomic E-state index is 12.4.